The number of hydrogen-bond acceptors (Lipinski definition) is 3. The molecule has 2 amide bonds. The van der Waals surface area contributed by atoms with Crippen LogP contribution in [-0.2, 0) is 4.79 Å². The van der Waals surface area contributed by atoms with Crippen molar-refractivity contribution < 1.29 is 9.59 Å². The zero-order valence-corrected chi connectivity index (χ0v) is 12.3. The lowest BCUT2D eigenvalue weighted by Crippen LogP contribution is -2.39. The summed E-state index contributed by atoms with van der Waals surface area (Å²) in [6, 6.07) is 6.97. The molecule has 112 valence electrons. The molecule has 0 saturated heterocycles. The van der Waals surface area contributed by atoms with E-state index in [2.05, 4.69) is 11.8 Å². The summed E-state index contributed by atoms with van der Waals surface area (Å²) in [7, 11) is 0. The van der Waals surface area contributed by atoms with Gasteiger partial charge < -0.3 is 16.4 Å². The number of carbonyl (C=O) groups excluding carboxylic acids is 2. The van der Waals surface area contributed by atoms with Crippen LogP contribution in [0.15, 0.2) is 24.3 Å². The highest BCUT2D eigenvalue weighted by molar-refractivity contribution is 5.96. The summed E-state index contributed by atoms with van der Waals surface area (Å²) in [5.41, 5.74) is 11.8. The van der Waals surface area contributed by atoms with E-state index < -0.39 is 5.91 Å². The number of rotatable bonds is 6. The summed E-state index contributed by atoms with van der Waals surface area (Å²) < 4.78 is 0. The van der Waals surface area contributed by atoms with Gasteiger partial charge in [-0.15, -0.1) is 0 Å². The molecule has 1 rings (SSSR count). The summed E-state index contributed by atoms with van der Waals surface area (Å²) >= 11 is 0. The lowest BCUT2D eigenvalue weighted by Gasteiger charge is -2.21. The first-order valence-corrected chi connectivity index (χ1v) is 6.95. The second kappa shape index (κ2) is 8.77. The summed E-state index contributed by atoms with van der Waals surface area (Å²) in [5.74, 6) is 4.91. The molecule has 1 aromatic carbocycles. The predicted molar refractivity (Wildman–Crippen MR) is 82.4 cm³/mol. The molecule has 21 heavy (non-hydrogen) atoms. The third kappa shape index (κ3) is 5.67. The fraction of sp³-hybridized carbons (Fsp3) is 0.375. The van der Waals surface area contributed by atoms with Gasteiger partial charge in [-0.25, -0.2) is 0 Å². The Hall–Kier alpha value is -2.32. The second-order valence-electron chi connectivity index (χ2n) is 4.63. The van der Waals surface area contributed by atoms with E-state index in [9.17, 15) is 9.59 Å². The molecule has 0 radical (unpaired) electrons. The highest BCUT2D eigenvalue weighted by Crippen LogP contribution is 2.09. The van der Waals surface area contributed by atoms with Crippen LogP contribution >= 0.6 is 0 Å². The van der Waals surface area contributed by atoms with Gasteiger partial charge in [0, 0.05) is 17.7 Å². The van der Waals surface area contributed by atoms with E-state index in [1.54, 1.807) is 18.2 Å². The van der Waals surface area contributed by atoms with E-state index in [0.29, 0.717) is 12.1 Å². The molecule has 1 aromatic rings. The Morgan fingerprint density at radius 1 is 1.33 bits per heavy atom. The quantitative estimate of drug-likeness (QED) is 0.756. The van der Waals surface area contributed by atoms with Crippen LogP contribution in [-0.4, -0.2) is 36.3 Å². The van der Waals surface area contributed by atoms with Gasteiger partial charge in [-0.2, -0.15) is 0 Å². The fourth-order valence-corrected chi connectivity index (χ4v) is 1.86. The van der Waals surface area contributed by atoms with Gasteiger partial charge >= 0.3 is 0 Å². The van der Waals surface area contributed by atoms with E-state index in [1.807, 2.05) is 13.0 Å². The van der Waals surface area contributed by atoms with Crippen LogP contribution in [0.1, 0.15) is 35.7 Å². The van der Waals surface area contributed by atoms with Crippen LogP contribution in [0, 0.1) is 11.8 Å². The van der Waals surface area contributed by atoms with Crippen molar-refractivity contribution in [2.45, 2.75) is 19.8 Å². The zero-order valence-electron chi connectivity index (χ0n) is 12.3. The zero-order chi connectivity index (χ0) is 15.7. The van der Waals surface area contributed by atoms with Gasteiger partial charge in [0.05, 0.1) is 13.1 Å². The fourth-order valence-electron chi connectivity index (χ4n) is 1.86. The van der Waals surface area contributed by atoms with E-state index in [1.165, 1.54) is 4.90 Å². The SMILES string of the molecule is CCCCN(CC(N)=O)C(=O)c1cccc(C#CCN)c1. The first-order chi connectivity index (χ1) is 10.1. The van der Waals surface area contributed by atoms with E-state index in [-0.39, 0.29) is 19.0 Å². The Morgan fingerprint density at radius 2 is 2.10 bits per heavy atom. The van der Waals surface area contributed by atoms with Gasteiger partial charge in [-0.3, -0.25) is 9.59 Å². The molecule has 0 fully saturated rings. The minimum absolute atomic E-state index is 0.0719. The molecular weight excluding hydrogens is 266 g/mol. The van der Waals surface area contributed by atoms with Gasteiger partial charge in [0.2, 0.25) is 5.91 Å². The minimum Gasteiger partial charge on any atom is -0.368 e. The molecule has 0 aliphatic rings. The molecule has 5 nitrogen and oxygen atoms in total. The molecule has 0 aromatic heterocycles. The first kappa shape index (κ1) is 16.7. The van der Waals surface area contributed by atoms with Gasteiger partial charge in [-0.1, -0.05) is 31.3 Å². The molecule has 0 heterocycles. The molecule has 4 N–H and O–H groups in total. The van der Waals surface area contributed by atoms with E-state index >= 15 is 0 Å². The van der Waals surface area contributed by atoms with E-state index in [0.717, 1.165) is 18.4 Å². The van der Waals surface area contributed by atoms with Gasteiger partial charge in [0.25, 0.3) is 5.91 Å². The van der Waals surface area contributed by atoms with Crippen molar-refractivity contribution in [1.82, 2.24) is 4.90 Å². The standard InChI is InChI=1S/C16H21N3O2/c1-2-3-10-19(12-15(18)20)16(21)14-8-4-6-13(11-14)7-5-9-17/h4,6,8,11H,2-3,9-10,12,17H2,1H3,(H2,18,20). The van der Waals surface area contributed by atoms with Crippen LogP contribution in [0.25, 0.3) is 0 Å². The van der Waals surface area contributed by atoms with Crippen molar-refractivity contribution in [3.63, 3.8) is 0 Å². The Labute approximate surface area is 125 Å². The molecule has 0 aliphatic carbocycles. The average Bonchev–Trinajstić information content (AvgIpc) is 2.48. The Morgan fingerprint density at radius 3 is 2.71 bits per heavy atom. The van der Waals surface area contributed by atoms with Crippen molar-refractivity contribution in [3.05, 3.63) is 35.4 Å². The van der Waals surface area contributed by atoms with Crippen molar-refractivity contribution >= 4 is 11.8 Å². The van der Waals surface area contributed by atoms with Gasteiger partial charge in [0.15, 0.2) is 0 Å². The lowest BCUT2D eigenvalue weighted by molar-refractivity contribution is -0.118. The Kier molecular flexibility index (Phi) is 6.99. The molecule has 0 bridgehead atoms. The number of nitrogens with zero attached hydrogens (tertiary/aromatic N) is 1. The largest absolute Gasteiger partial charge is 0.368 e. The molecule has 0 aliphatic heterocycles. The molecule has 0 atom stereocenters. The van der Waals surface area contributed by atoms with Crippen molar-refractivity contribution in [1.29, 1.82) is 0 Å². The van der Waals surface area contributed by atoms with Crippen LogP contribution in [0.2, 0.25) is 0 Å². The third-order valence-electron chi connectivity index (χ3n) is 2.86. The summed E-state index contributed by atoms with van der Waals surface area (Å²) in [5, 5.41) is 0. The molecular formula is C16H21N3O2. The van der Waals surface area contributed by atoms with Crippen LogP contribution in [0.5, 0.6) is 0 Å². The topological polar surface area (TPSA) is 89.4 Å². The number of benzene rings is 1. The molecule has 5 heteroatoms. The van der Waals surface area contributed by atoms with Gasteiger partial charge in [0.1, 0.15) is 0 Å². The van der Waals surface area contributed by atoms with Crippen molar-refractivity contribution in [2.24, 2.45) is 11.5 Å². The first-order valence-electron chi connectivity index (χ1n) is 6.95. The minimum atomic E-state index is -0.515. The molecule has 0 unspecified atom stereocenters. The average molecular weight is 287 g/mol. The second-order valence-corrected chi connectivity index (χ2v) is 4.63. The number of unbranched alkanes of at least 4 members (excludes halogenated alkanes) is 1. The monoisotopic (exact) mass is 287 g/mol. The summed E-state index contributed by atoms with van der Waals surface area (Å²) in [4.78, 5) is 25.0. The highest BCUT2D eigenvalue weighted by Gasteiger charge is 2.17. The van der Waals surface area contributed by atoms with Crippen LogP contribution < -0.4 is 11.5 Å². The smallest absolute Gasteiger partial charge is 0.254 e. The summed E-state index contributed by atoms with van der Waals surface area (Å²) in [6.45, 7) is 2.73. The Balaban J connectivity index is 2.94. The number of hydrogen-bond donors (Lipinski definition) is 2. The van der Waals surface area contributed by atoms with Crippen molar-refractivity contribution in [3.8, 4) is 11.8 Å². The van der Waals surface area contributed by atoms with E-state index in [4.69, 9.17) is 11.5 Å². The number of amides is 2. The maximum absolute atomic E-state index is 12.5. The van der Waals surface area contributed by atoms with Crippen LogP contribution in [0.3, 0.4) is 0 Å². The van der Waals surface area contributed by atoms with Gasteiger partial charge in [-0.05, 0) is 24.6 Å². The van der Waals surface area contributed by atoms with Crippen molar-refractivity contribution in [2.75, 3.05) is 19.6 Å². The maximum Gasteiger partial charge on any atom is 0.254 e. The molecule has 0 saturated carbocycles. The Bertz CT molecular complexity index is 558. The lowest BCUT2D eigenvalue weighted by atomic mass is 10.1. The number of primary amides is 1. The number of carbonyl (C=O) groups is 2. The van der Waals surface area contributed by atoms with Crippen LogP contribution in [0.4, 0.5) is 0 Å². The highest BCUT2D eigenvalue weighted by atomic mass is 16.2. The summed E-state index contributed by atoms with van der Waals surface area (Å²) in [6.07, 6.45) is 1.76. The normalized spacial score (nSPS) is 9.62. The maximum atomic E-state index is 12.5. The number of nitrogens with two attached hydrogens (primary N) is 2. The molecule has 0 spiro atoms. The predicted octanol–water partition coefficient (Wildman–Crippen LogP) is 0.724. The third-order valence-corrected chi connectivity index (χ3v) is 2.86.